The van der Waals surface area contributed by atoms with Crippen molar-refractivity contribution in [2.45, 2.75) is 38.8 Å². The molecular formula is C14H14N2O2. The van der Waals surface area contributed by atoms with Gasteiger partial charge in [0, 0.05) is 5.57 Å². The highest BCUT2D eigenvalue weighted by Gasteiger charge is 2.27. The van der Waals surface area contributed by atoms with Gasteiger partial charge in [-0.3, -0.25) is 0 Å². The summed E-state index contributed by atoms with van der Waals surface area (Å²) in [6.07, 6.45) is 6.60. The van der Waals surface area contributed by atoms with Crippen molar-refractivity contribution in [3.05, 3.63) is 34.8 Å². The molecule has 0 heterocycles. The third kappa shape index (κ3) is 2.93. The predicted molar refractivity (Wildman–Crippen MR) is 67.6 cm³/mol. The fourth-order valence-corrected chi connectivity index (χ4v) is 1.46. The summed E-state index contributed by atoms with van der Waals surface area (Å²) in [5.41, 5.74) is 5.82. The minimum atomic E-state index is -0.727. The van der Waals surface area contributed by atoms with Gasteiger partial charge in [0.2, 0.25) is 12.2 Å². The van der Waals surface area contributed by atoms with Crippen LogP contribution in [0.3, 0.4) is 0 Å². The predicted octanol–water partition coefficient (Wildman–Crippen LogP) is 2.39. The first-order chi connectivity index (χ1) is 8.33. The van der Waals surface area contributed by atoms with Crippen LogP contribution < -0.4 is 0 Å². The van der Waals surface area contributed by atoms with Crippen molar-refractivity contribution < 1.29 is 9.59 Å². The highest BCUT2D eigenvalue weighted by atomic mass is 16.1. The quantitative estimate of drug-likeness (QED) is 0.431. The summed E-state index contributed by atoms with van der Waals surface area (Å²) in [6.45, 7) is 7.14. The Labute approximate surface area is 106 Å². The molecule has 0 fully saturated rings. The average Bonchev–Trinajstić information content (AvgIpc) is 2.29. The second-order valence-corrected chi connectivity index (χ2v) is 4.95. The van der Waals surface area contributed by atoms with Gasteiger partial charge in [-0.05, 0) is 45.4 Å². The Kier molecular flexibility index (Phi) is 3.83. The van der Waals surface area contributed by atoms with E-state index in [1.807, 2.05) is 0 Å². The Morgan fingerprint density at radius 1 is 1.06 bits per heavy atom. The highest BCUT2D eigenvalue weighted by molar-refractivity contribution is 5.48. The molecule has 1 rings (SSSR count). The van der Waals surface area contributed by atoms with Crippen LogP contribution in [0.25, 0.3) is 0 Å². The van der Waals surface area contributed by atoms with Crippen LogP contribution in [0.2, 0.25) is 0 Å². The highest BCUT2D eigenvalue weighted by Crippen LogP contribution is 2.29. The molecule has 92 valence electrons. The Morgan fingerprint density at radius 2 is 1.61 bits per heavy atom. The normalized spacial score (nSPS) is 14.2. The van der Waals surface area contributed by atoms with E-state index in [1.165, 1.54) is 0 Å². The summed E-state index contributed by atoms with van der Waals surface area (Å²) >= 11 is 0. The number of carbonyl (C=O) groups excluding carboxylic acids is 2. The third-order valence-electron chi connectivity index (χ3n) is 2.75. The molecule has 0 amide bonds. The fourth-order valence-electron chi connectivity index (χ4n) is 1.46. The number of rotatable bonds is 4. The molecule has 0 radical (unpaired) electrons. The minimum Gasteiger partial charge on any atom is -0.211 e. The molecule has 0 aliphatic heterocycles. The second-order valence-electron chi connectivity index (χ2n) is 4.95. The van der Waals surface area contributed by atoms with Crippen molar-refractivity contribution in [2.75, 3.05) is 0 Å². The van der Waals surface area contributed by atoms with Gasteiger partial charge in [0.1, 0.15) is 5.54 Å². The topological polar surface area (TPSA) is 58.9 Å². The zero-order valence-electron chi connectivity index (χ0n) is 10.9. The van der Waals surface area contributed by atoms with Gasteiger partial charge in [-0.15, -0.1) is 0 Å². The molecule has 1 aliphatic carbocycles. The molecular weight excluding hydrogens is 228 g/mol. The number of aliphatic imine (C=N–C) groups is 2. The summed E-state index contributed by atoms with van der Waals surface area (Å²) in [5.74, 6) is 0. The summed E-state index contributed by atoms with van der Waals surface area (Å²) < 4.78 is 0. The van der Waals surface area contributed by atoms with E-state index in [2.05, 4.69) is 21.4 Å². The van der Waals surface area contributed by atoms with Crippen LogP contribution in [0.5, 0.6) is 0 Å². The van der Waals surface area contributed by atoms with Crippen LogP contribution in [-0.4, -0.2) is 23.2 Å². The summed E-state index contributed by atoms with van der Waals surface area (Å²) in [6, 6.07) is 0. The van der Waals surface area contributed by atoms with Crippen molar-refractivity contribution in [2.24, 2.45) is 9.98 Å². The minimum absolute atomic E-state index is 0.691. The first-order valence-electron chi connectivity index (χ1n) is 5.46. The van der Waals surface area contributed by atoms with E-state index in [4.69, 9.17) is 0 Å². The molecule has 4 nitrogen and oxygen atoms in total. The van der Waals surface area contributed by atoms with E-state index in [1.54, 1.807) is 52.0 Å². The van der Waals surface area contributed by atoms with Crippen molar-refractivity contribution >= 4 is 12.2 Å². The standard InChI is InChI=1S/C14H14N2O2/c1-13(2,15-9-17)11-6-5-7-12(8-11)14(3,4)16-10-18/h6,8H,1-4H3. The Balaban J connectivity index is 3.26. The summed E-state index contributed by atoms with van der Waals surface area (Å²) in [4.78, 5) is 28.3. The third-order valence-corrected chi connectivity index (χ3v) is 2.75. The molecule has 0 saturated carbocycles. The number of nitrogens with zero attached hydrogens (tertiary/aromatic N) is 2. The average molecular weight is 242 g/mol. The fraction of sp³-hybridized carbons (Fsp3) is 0.429. The maximum absolute atomic E-state index is 10.4. The molecule has 0 aromatic rings. The zero-order valence-corrected chi connectivity index (χ0v) is 10.9. The lowest BCUT2D eigenvalue weighted by molar-refractivity contribution is 0.543. The van der Waals surface area contributed by atoms with Gasteiger partial charge in [-0.2, -0.15) is 9.98 Å². The van der Waals surface area contributed by atoms with Gasteiger partial charge in [0.15, 0.2) is 0 Å². The lowest BCUT2D eigenvalue weighted by Gasteiger charge is -2.23. The Bertz CT molecular complexity index is 583. The van der Waals surface area contributed by atoms with E-state index >= 15 is 0 Å². The van der Waals surface area contributed by atoms with Crippen LogP contribution in [-0.2, 0) is 9.59 Å². The lowest BCUT2D eigenvalue weighted by atomic mass is 9.86. The molecule has 0 aromatic heterocycles. The van der Waals surface area contributed by atoms with Crippen molar-refractivity contribution in [3.8, 4) is 0 Å². The van der Waals surface area contributed by atoms with Gasteiger partial charge in [0.25, 0.3) is 0 Å². The SMILES string of the molecule is CC(C)(N=C=O)C1=C=C=CC(C(C)(C)N=C=O)=C1. The van der Waals surface area contributed by atoms with Crippen molar-refractivity contribution in [3.63, 3.8) is 0 Å². The van der Waals surface area contributed by atoms with E-state index in [0.717, 1.165) is 5.57 Å². The van der Waals surface area contributed by atoms with E-state index in [0.29, 0.717) is 5.57 Å². The van der Waals surface area contributed by atoms with Crippen molar-refractivity contribution in [1.82, 2.24) is 0 Å². The molecule has 0 bridgehead atoms. The molecule has 4 heteroatoms. The van der Waals surface area contributed by atoms with Gasteiger partial charge < -0.3 is 0 Å². The monoisotopic (exact) mass is 242 g/mol. The van der Waals surface area contributed by atoms with E-state index in [-0.39, 0.29) is 0 Å². The van der Waals surface area contributed by atoms with Gasteiger partial charge in [0.05, 0.1) is 5.54 Å². The second kappa shape index (κ2) is 4.98. The molecule has 0 saturated heterocycles. The molecule has 1 aliphatic rings. The molecule has 18 heavy (non-hydrogen) atoms. The summed E-state index contributed by atoms with van der Waals surface area (Å²) in [5, 5.41) is 0. The molecule has 0 unspecified atom stereocenters. The number of hydrogen-bond acceptors (Lipinski definition) is 4. The van der Waals surface area contributed by atoms with E-state index in [9.17, 15) is 9.59 Å². The molecule has 0 spiro atoms. The van der Waals surface area contributed by atoms with Gasteiger partial charge >= 0.3 is 0 Å². The van der Waals surface area contributed by atoms with Crippen LogP contribution in [0.1, 0.15) is 27.7 Å². The molecule has 0 aromatic carbocycles. The molecule has 0 atom stereocenters. The van der Waals surface area contributed by atoms with E-state index < -0.39 is 11.1 Å². The first kappa shape index (κ1) is 13.9. The maximum Gasteiger partial charge on any atom is 0.235 e. The van der Waals surface area contributed by atoms with Gasteiger partial charge in [-0.1, -0.05) is 11.5 Å². The lowest BCUT2D eigenvalue weighted by Crippen LogP contribution is -2.23. The van der Waals surface area contributed by atoms with Gasteiger partial charge in [-0.25, -0.2) is 9.59 Å². The smallest absolute Gasteiger partial charge is 0.211 e. The van der Waals surface area contributed by atoms with Crippen LogP contribution in [0.15, 0.2) is 44.7 Å². The van der Waals surface area contributed by atoms with Crippen LogP contribution in [0.4, 0.5) is 0 Å². The number of isocyanates is 2. The largest absolute Gasteiger partial charge is 0.235 e. The van der Waals surface area contributed by atoms with Crippen molar-refractivity contribution in [1.29, 1.82) is 0 Å². The maximum atomic E-state index is 10.4. The number of hydrogen-bond donors (Lipinski definition) is 0. The Morgan fingerprint density at radius 3 is 2.17 bits per heavy atom. The van der Waals surface area contributed by atoms with Crippen LogP contribution in [0, 0.1) is 0 Å². The molecule has 0 N–H and O–H groups in total. The van der Waals surface area contributed by atoms with Crippen LogP contribution >= 0.6 is 0 Å². The summed E-state index contributed by atoms with van der Waals surface area (Å²) in [7, 11) is 0. The first-order valence-corrected chi connectivity index (χ1v) is 5.46. The zero-order chi connectivity index (χ0) is 13.8. The Hall–Kier alpha value is -2.20.